The fourth-order valence-electron chi connectivity index (χ4n) is 0.909. The van der Waals surface area contributed by atoms with Crippen molar-refractivity contribution in [2.75, 3.05) is 0 Å². The Bertz CT molecular complexity index is 733. The number of hydrogen-bond acceptors (Lipinski definition) is 15. The van der Waals surface area contributed by atoms with Gasteiger partial charge in [0.1, 0.15) is 0 Å². The van der Waals surface area contributed by atoms with Gasteiger partial charge in [-0.25, -0.2) is 0 Å². The number of hydrogen-bond donors (Lipinski definition) is 4. The van der Waals surface area contributed by atoms with Crippen LogP contribution >= 0.6 is 102 Å². The van der Waals surface area contributed by atoms with Gasteiger partial charge in [0, 0.05) is 0 Å². The smallest absolute Gasteiger partial charge is 0.186 e. The van der Waals surface area contributed by atoms with Crippen molar-refractivity contribution in [1.82, 2.24) is 30.6 Å². The first kappa shape index (κ1) is 25.4. The highest BCUT2D eigenvalue weighted by atomic mass is 33.1. The normalized spacial score (nSPS) is 11.4. The number of H-pyrrole nitrogens is 2. The van der Waals surface area contributed by atoms with Crippen molar-refractivity contribution < 1.29 is 10.5 Å². The fraction of sp³-hybridized carbons (Fsp3) is 0.250. The molecule has 4 bridgehead atoms. The number of aromatic amines is 2. The Hall–Kier alpha value is 0.440. The van der Waals surface area contributed by atoms with Gasteiger partial charge in [0.2, 0.25) is 0 Å². The Balaban J connectivity index is 0.000000453. The Morgan fingerprint density at radius 3 is 1.08 bits per heavy atom. The molecule has 3 aromatic heterocycles. The summed E-state index contributed by atoms with van der Waals surface area (Å²) in [4.78, 5) is 0. The van der Waals surface area contributed by atoms with E-state index in [0.29, 0.717) is 7.91 Å². The molecule has 8 nitrogen and oxygen atoms in total. The van der Waals surface area contributed by atoms with Crippen molar-refractivity contribution in [3.05, 3.63) is 7.91 Å². The summed E-state index contributed by atoms with van der Waals surface area (Å²) in [5, 5.41) is 33.6. The van der Waals surface area contributed by atoms with Crippen LogP contribution in [-0.2, 0) is 0 Å². The molecule has 0 amide bonds. The number of aromatic nitrogens is 6. The lowest BCUT2D eigenvalue weighted by atomic mass is 11.6. The van der Waals surface area contributed by atoms with E-state index >= 15 is 0 Å². The third-order valence-electron chi connectivity index (χ3n) is 1.60. The molecule has 0 radical (unpaired) electrons. The highest BCUT2D eigenvalue weighted by Crippen LogP contribution is 2.48. The summed E-state index contributed by atoms with van der Waals surface area (Å²) in [7, 11) is 6.35. The van der Waals surface area contributed by atoms with Crippen LogP contribution in [0, 0.1) is 7.91 Å². The second-order valence-corrected chi connectivity index (χ2v) is 12.5. The van der Waals surface area contributed by atoms with Crippen LogP contribution in [0.3, 0.4) is 0 Å². The van der Waals surface area contributed by atoms with Crippen molar-refractivity contribution >= 4 is 102 Å². The van der Waals surface area contributed by atoms with Crippen molar-refractivity contribution in [2.24, 2.45) is 0 Å². The minimum Gasteiger partial charge on any atom is -0.281 e. The maximum atomic E-state index is 6.00. The molecule has 1 aliphatic heterocycles. The molecule has 17 heteroatoms. The average Bonchev–Trinajstić information content (AvgIpc) is 3.27. The molecule has 0 atom stereocenters. The molecule has 25 heavy (non-hydrogen) atoms. The van der Waals surface area contributed by atoms with Crippen LogP contribution in [0.1, 0.15) is 14.9 Å². The van der Waals surface area contributed by atoms with Crippen molar-refractivity contribution in [1.29, 1.82) is 0 Å². The Morgan fingerprint density at radius 1 is 0.600 bits per heavy atom. The molecule has 3 aromatic rings. The molecule has 140 valence electrons. The average molecular weight is 513 g/mol. The van der Waals surface area contributed by atoms with Crippen LogP contribution in [0.5, 0.6) is 0 Å². The number of nitrogens with zero attached hydrogens (tertiary/aromatic N) is 4. The quantitative estimate of drug-likeness (QED) is 0.114. The number of rotatable bonds is 0. The van der Waals surface area contributed by atoms with E-state index in [4.69, 9.17) is 35.0 Å². The summed E-state index contributed by atoms with van der Waals surface area (Å²) in [6, 6.07) is 0. The molecule has 0 fully saturated rings. The van der Waals surface area contributed by atoms with Crippen LogP contribution in [-0.4, -0.2) is 41.1 Å². The van der Waals surface area contributed by atoms with Crippen molar-refractivity contribution in [3.8, 4) is 0 Å². The Labute approximate surface area is 181 Å². The topological polar surface area (TPSA) is 124 Å². The van der Waals surface area contributed by atoms with Crippen LogP contribution in [0.4, 0.5) is 0 Å². The van der Waals surface area contributed by atoms with Gasteiger partial charge in [-0.3, -0.25) is 20.7 Å². The van der Waals surface area contributed by atoms with Gasteiger partial charge in [-0.05, 0) is 67.6 Å². The maximum absolute atomic E-state index is 6.00. The van der Waals surface area contributed by atoms with Gasteiger partial charge in [0.15, 0.2) is 25.3 Å². The van der Waals surface area contributed by atoms with E-state index in [9.17, 15) is 0 Å². The maximum Gasteiger partial charge on any atom is 0.186 e. The largest absolute Gasteiger partial charge is 0.281 e. The molecule has 0 aliphatic carbocycles. The first-order chi connectivity index (χ1) is 11.2. The lowest BCUT2D eigenvalue weighted by molar-refractivity contribution is -0.176. The zero-order valence-electron chi connectivity index (χ0n) is 10.4. The van der Waals surface area contributed by atoms with E-state index < -0.39 is 0 Å². The van der Waals surface area contributed by atoms with E-state index in [1.165, 1.54) is 11.3 Å². The van der Waals surface area contributed by atoms with E-state index in [1.807, 2.05) is 0 Å². The fourth-order valence-corrected chi connectivity index (χ4v) is 8.76. The molecule has 0 saturated carbocycles. The Kier molecular flexibility index (Phi) is 13.8. The van der Waals surface area contributed by atoms with Gasteiger partial charge in [-0.15, -0.1) is 20.4 Å². The number of fused-ring (bicyclic) bond motifs is 4. The van der Waals surface area contributed by atoms with Gasteiger partial charge in [0.25, 0.3) is 0 Å². The third-order valence-corrected chi connectivity index (χ3v) is 10.6. The predicted octanol–water partition coefficient (Wildman–Crippen LogP) is 6.45. The van der Waals surface area contributed by atoms with E-state index in [-0.39, 0.29) is 14.9 Å². The third kappa shape index (κ3) is 8.78. The monoisotopic (exact) mass is 512 g/mol. The van der Waals surface area contributed by atoms with E-state index in [0.717, 1.165) is 17.4 Å². The van der Waals surface area contributed by atoms with Gasteiger partial charge in [-0.2, -0.15) is 0 Å². The molecular weight excluding hydrogens is 501 g/mol. The second-order valence-electron chi connectivity index (χ2n) is 2.93. The highest BCUT2D eigenvalue weighted by Gasteiger charge is 2.14. The molecular formula is C8H12N6O2S9. The van der Waals surface area contributed by atoms with Crippen LogP contribution < -0.4 is 0 Å². The van der Waals surface area contributed by atoms with Gasteiger partial charge >= 0.3 is 0 Å². The zero-order valence-corrected chi connectivity index (χ0v) is 17.7. The van der Waals surface area contributed by atoms with Crippen LogP contribution in [0.25, 0.3) is 0 Å². The summed E-state index contributed by atoms with van der Waals surface area (Å²) < 4.78 is 5.28. The molecule has 0 unspecified atom stereocenters. The molecule has 4 heterocycles. The SMILES string of the molecule is C.C.OO.S=c1[nH][nH]c(=S)s1.n1nc2sc1SSc1nnc(s1)SS2. The van der Waals surface area contributed by atoms with Crippen molar-refractivity contribution in [3.63, 3.8) is 0 Å². The predicted molar refractivity (Wildman–Crippen MR) is 117 cm³/mol. The Morgan fingerprint density at radius 2 is 0.880 bits per heavy atom. The van der Waals surface area contributed by atoms with Gasteiger partial charge in [0.05, 0.1) is 0 Å². The van der Waals surface area contributed by atoms with Crippen LogP contribution in [0.2, 0.25) is 0 Å². The standard InChI is InChI=1S/C4N4S6.C2H2N2S3.2CH4.H2O2/c5-1-9-2(6-5)13-14-4-8-7-3(10-4)12-11-1;5-1-3-4-2(6)7-1;;;1-2/h;(H,3,5)(H,4,6);2*1H4;1-2H. The minimum atomic E-state index is 0. The summed E-state index contributed by atoms with van der Waals surface area (Å²) in [5.41, 5.74) is 0. The van der Waals surface area contributed by atoms with Gasteiger partial charge in [-0.1, -0.05) is 48.9 Å². The van der Waals surface area contributed by atoms with E-state index in [1.54, 1.807) is 65.8 Å². The minimum absolute atomic E-state index is 0. The summed E-state index contributed by atoms with van der Waals surface area (Å²) in [6.45, 7) is 0. The molecule has 4 N–H and O–H groups in total. The van der Waals surface area contributed by atoms with Gasteiger partial charge < -0.3 is 0 Å². The zero-order chi connectivity index (χ0) is 16.7. The summed E-state index contributed by atoms with van der Waals surface area (Å²) in [5.74, 6) is 0. The first-order valence-corrected chi connectivity index (χ1v) is 12.6. The first-order valence-electron chi connectivity index (χ1n) is 5.03. The molecule has 0 aromatic carbocycles. The molecule has 0 saturated heterocycles. The molecule has 0 spiro atoms. The van der Waals surface area contributed by atoms with Crippen molar-refractivity contribution in [2.45, 2.75) is 32.2 Å². The molecule has 4 rings (SSSR count). The van der Waals surface area contributed by atoms with E-state index in [2.05, 4.69) is 30.6 Å². The lowest BCUT2D eigenvalue weighted by Crippen LogP contribution is -1.71. The summed E-state index contributed by atoms with van der Waals surface area (Å²) >= 11 is 14.0. The second kappa shape index (κ2) is 13.6. The summed E-state index contributed by atoms with van der Waals surface area (Å²) in [6.07, 6.45) is 0. The highest BCUT2D eigenvalue weighted by molar-refractivity contribution is 8.78. The molecule has 1 aliphatic rings. The van der Waals surface area contributed by atoms with Crippen LogP contribution in [0.15, 0.2) is 17.4 Å². The lowest BCUT2D eigenvalue weighted by Gasteiger charge is -1.91. The number of nitrogens with one attached hydrogen (secondary N) is 2.